The van der Waals surface area contributed by atoms with Gasteiger partial charge in [0.2, 0.25) is 0 Å². The molecule has 0 bridgehead atoms. The lowest BCUT2D eigenvalue weighted by Gasteiger charge is -2.09. The number of halogens is 4. The highest BCUT2D eigenvalue weighted by Crippen LogP contribution is 2.20. The number of rotatable bonds is 19. The van der Waals surface area contributed by atoms with Crippen LogP contribution >= 0.6 is 34.8 Å². The maximum atomic E-state index is 12.4. The molecule has 0 spiro atoms. The third-order valence-corrected chi connectivity index (χ3v) is 17.5. The maximum Gasteiger partial charge on any atom is 0.164 e. The zero-order valence-corrected chi connectivity index (χ0v) is 76.9. The number of phenols is 1. The highest BCUT2D eigenvalue weighted by Gasteiger charge is 2.02. The van der Waals surface area contributed by atoms with Crippen molar-refractivity contribution in [3.63, 3.8) is 0 Å². The number of nitrogens with zero attached hydrogens (tertiary/aromatic N) is 2. The Kier molecular flexibility index (Phi) is 56.0. The van der Waals surface area contributed by atoms with E-state index in [9.17, 15) is 4.39 Å². The first-order valence-electron chi connectivity index (χ1n) is 41.0. The van der Waals surface area contributed by atoms with Crippen LogP contribution in [0.1, 0.15) is 170 Å². The summed E-state index contributed by atoms with van der Waals surface area (Å²) < 4.78 is 44.4. The van der Waals surface area contributed by atoms with Gasteiger partial charge in [-0.3, -0.25) is 0 Å². The number of benzene rings is 10. The van der Waals surface area contributed by atoms with Crippen LogP contribution in [0.25, 0.3) is 0 Å². The highest BCUT2D eigenvalue weighted by atomic mass is 35.5. The Labute approximate surface area is 730 Å². The van der Waals surface area contributed by atoms with E-state index < -0.39 is 5.82 Å². The van der Waals surface area contributed by atoms with Crippen LogP contribution in [0.15, 0.2) is 267 Å². The van der Waals surface area contributed by atoms with E-state index >= 15 is 0 Å². The summed E-state index contributed by atoms with van der Waals surface area (Å²) >= 11 is 16.9. The third kappa shape index (κ3) is 53.6. The lowest BCUT2D eigenvalue weighted by Crippen LogP contribution is -2.05. The van der Waals surface area contributed by atoms with Gasteiger partial charge in [-0.15, -0.1) is 0 Å². The Balaban J connectivity index is 0.000000445. The van der Waals surface area contributed by atoms with Crippen molar-refractivity contribution >= 4 is 34.8 Å². The maximum absolute atomic E-state index is 12.4. The van der Waals surface area contributed by atoms with Crippen molar-refractivity contribution in [1.29, 1.82) is 0 Å². The summed E-state index contributed by atoms with van der Waals surface area (Å²) in [5, 5.41) is 10.2. The standard InChI is InChI=1S/C15H12.2C11H16O.C11H16.C10H14O2.C10H14O.C9H11Cl.C9H12O.C7H8ClN.C7H8O.C6H5ClFN/c1-13-7-9-15(10-8-13)12-11-14-5-3-2-4-6-14;1-9(2)8-12-11-6-4-10(3)5-7-11;1-3-4-9-12-11-7-5-10(2)6-8-11;1-3-4-5-11-8-6-10(2)7-9-11;1-9-3-5-10(6-4-9)12-8-7-11-2;1-8(2)11-10-6-4-5-9(3)7-10;1-3-8-6-7(2)4-5-9(8)10;1-3-10-9-6-4-8(2)5-7-9;1-5-3-6(2)7(8)9-4-5;1-6-3-2-4-7(8)5-6;1-4-2-5(8)6(7)9-3-4/h2-10H,1H3;4-7,9H,8H2,1-3H3;5-8H,3-4,9H2,1-2H3;6-9H,3-5H2,1-2H3;3-6H,7-8H2,1-2H3;4-8H,1-3H3;4-6H,3H2,1-2H3;4-7H,3H2,1-2H3;3-4H,1-2H3;2-5,8H,1H3;2-3H,1H3. The molecule has 2 heterocycles. The first-order valence-corrected chi connectivity index (χ1v) is 42.1. The second kappa shape index (κ2) is 63.7. The molecule has 13 heteroatoms. The summed E-state index contributed by atoms with van der Waals surface area (Å²) in [5.74, 6) is 11.5. The van der Waals surface area contributed by atoms with E-state index in [1.807, 2.05) is 205 Å². The fourth-order valence-electron chi connectivity index (χ4n) is 9.76. The van der Waals surface area contributed by atoms with Gasteiger partial charge in [-0.05, 0) is 284 Å². The Hall–Kier alpha value is -10.4. The van der Waals surface area contributed by atoms with E-state index in [1.165, 1.54) is 93.6 Å². The summed E-state index contributed by atoms with van der Waals surface area (Å²) in [5.41, 5.74) is 19.1. The molecule has 636 valence electrons. The first-order chi connectivity index (χ1) is 56.9. The van der Waals surface area contributed by atoms with Crippen molar-refractivity contribution in [3.05, 3.63) is 377 Å². The fourth-order valence-corrected chi connectivity index (χ4v) is 10.2. The molecule has 0 aliphatic heterocycles. The molecule has 0 saturated carbocycles. The van der Waals surface area contributed by atoms with Crippen LogP contribution in [-0.4, -0.2) is 61.3 Å². The fraction of sp³-hybridized carbons (Fsp3) is 0.321. The Morgan fingerprint density at radius 2 is 0.815 bits per heavy atom. The molecule has 0 saturated heterocycles. The molecule has 1 N–H and O–H groups in total. The Morgan fingerprint density at radius 3 is 1.22 bits per heavy atom. The van der Waals surface area contributed by atoms with Crippen molar-refractivity contribution in [2.45, 2.75) is 183 Å². The average Bonchev–Trinajstić information content (AvgIpc) is 0.840. The molecule has 119 heavy (non-hydrogen) atoms. The summed E-state index contributed by atoms with van der Waals surface area (Å²) in [7, 11) is 1.67. The van der Waals surface area contributed by atoms with Crippen LogP contribution in [-0.2, 0) is 17.6 Å². The van der Waals surface area contributed by atoms with Crippen LogP contribution < -0.4 is 23.7 Å². The third-order valence-electron chi connectivity index (χ3n) is 16.4. The minimum atomic E-state index is -0.461. The van der Waals surface area contributed by atoms with Gasteiger partial charge in [0, 0.05) is 35.7 Å². The van der Waals surface area contributed by atoms with Crippen LogP contribution in [0.3, 0.4) is 0 Å². The summed E-state index contributed by atoms with van der Waals surface area (Å²) in [4.78, 5) is 7.51. The Morgan fingerprint density at radius 1 is 0.387 bits per heavy atom. The number of methoxy groups -OCH3 is 1. The minimum Gasteiger partial charge on any atom is -0.508 e. The van der Waals surface area contributed by atoms with Gasteiger partial charge < -0.3 is 33.5 Å². The van der Waals surface area contributed by atoms with Gasteiger partial charge in [-0.2, -0.15) is 0 Å². The number of hydrogen-bond donors (Lipinski definition) is 1. The van der Waals surface area contributed by atoms with Crippen LogP contribution in [0.5, 0.6) is 34.5 Å². The number of ether oxygens (including phenoxy) is 6. The minimum absolute atomic E-state index is 0.0689. The molecule has 10 aromatic carbocycles. The van der Waals surface area contributed by atoms with Crippen LogP contribution in [0, 0.1) is 107 Å². The normalized spacial score (nSPS) is 9.74. The largest absolute Gasteiger partial charge is 0.508 e. The van der Waals surface area contributed by atoms with Crippen LogP contribution in [0.4, 0.5) is 4.39 Å². The van der Waals surface area contributed by atoms with E-state index in [0.29, 0.717) is 30.0 Å². The topological polar surface area (TPSA) is 101 Å². The second-order valence-electron chi connectivity index (χ2n) is 29.2. The molecule has 0 amide bonds. The van der Waals surface area contributed by atoms with Gasteiger partial charge in [0.1, 0.15) is 46.3 Å². The summed E-state index contributed by atoms with van der Waals surface area (Å²) in [6.45, 7) is 44.7. The monoisotopic (exact) mass is 1670 g/mol. The molecular weight excluding hydrogens is 1540 g/mol. The molecule has 0 fully saturated rings. The smallest absolute Gasteiger partial charge is 0.164 e. The second-order valence-corrected chi connectivity index (χ2v) is 30.3. The van der Waals surface area contributed by atoms with E-state index in [1.54, 1.807) is 32.4 Å². The van der Waals surface area contributed by atoms with Gasteiger partial charge in [0.05, 0.1) is 32.5 Å². The molecule has 0 aliphatic rings. The molecule has 0 atom stereocenters. The lowest BCUT2D eigenvalue weighted by atomic mass is 10.1. The Bertz CT molecular complexity index is 4550. The van der Waals surface area contributed by atoms with Gasteiger partial charge in [-0.1, -0.05) is 279 Å². The molecular formula is C106H132Cl3FN2O7. The van der Waals surface area contributed by atoms with Crippen LogP contribution in [0.2, 0.25) is 15.3 Å². The van der Waals surface area contributed by atoms with E-state index in [-0.39, 0.29) is 11.3 Å². The van der Waals surface area contributed by atoms with E-state index in [4.69, 9.17) is 68.3 Å². The molecule has 0 radical (unpaired) electrons. The van der Waals surface area contributed by atoms with Crippen molar-refractivity contribution in [1.82, 2.24) is 9.97 Å². The summed E-state index contributed by atoms with van der Waals surface area (Å²) in [6.07, 6.45) is 10.7. The molecule has 12 aromatic rings. The zero-order valence-electron chi connectivity index (χ0n) is 74.6. The average molecular weight is 1670 g/mol. The number of pyridine rings is 2. The van der Waals surface area contributed by atoms with Gasteiger partial charge in [0.25, 0.3) is 0 Å². The van der Waals surface area contributed by atoms with Gasteiger partial charge in [0.15, 0.2) is 11.0 Å². The molecule has 9 nitrogen and oxygen atoms in total. The number of unbranched alkanes of at least 4 members (excludes halogenated alkanes) is 2. The van der Waals surface area contributed by atoms with Gasteiger partial charge >= 0.3 is 0 Å². The number of aromatic hydroxyl groups is 1. The number of aryl methyl sites for hydroxylation is 14. The molecule has 0 aliphatic carbocycles. The molecule has 2 aromatic heterocycles. The lowest BCUT2D eigenvalue weighted by molar-refractivity contribution is 0.146. The van der Waals surface area contributed by atoms with Crippen molar-refractivity contribution in [2.75, 3.05) is 40.1 Å². The first kappa shape index (κ1) is 105. The van der Waals surface area contributed by atoms with Gasteiger partial charge in [-0.25, -0.2) is 14.4 Å². The van der Waals surface area contributed by atoms with E-state index in [0.717, 1.165) is 99.8 Å². The predicted octanol–water partition coefficient (Wildman–Crippen LogP) is 29.6. The predicted molar refractivity (Wildman–Crippen MR) is 505 cm³/mol. The van der Waals surface area contributed by atoms with Crippen molar-refractivity contribution in [3.8, 4) is 46.3 Å². The van der Waals surface area contributed by atoms with Crippen molar-refractivity contribution in [2.24, 2.45) is 5.92 Å². The molecule has 0 unspecified atom stereocenters. The number of hydrogen-bond acceptors (Lipinski definition) is 9. The summed E-state index contributed by atoms with van der Waals surface area (Å²) in [6, 6.07) is 84.2. The zero-order chi connectivity index (χ0) is 88.1. The SMILES string of the molecule is CCCCOc1ccc(C)cc1.CCCCc1ccc(C)cc1.CCOc1ccc(C)cc1.CCc1cc(C)ccc1Cl.COCCOc1ccc(C)cc1.Cc1ccc(C#Cc2ccccc2)cc1.Cc1ccc(OCC(C)C)cc1.Cc1cccc(O)c1.Cc1cccc(OC(C)C)c1.Cc1cnc(Cl)c(C)c1.Cc1cnc(Cl)c(F)c1. The molecule has 12 rings (SSSR count). The van der Waals surface area contributed by atoms with E-state index in [2.05, 4.69) is 185 Å². The number of phenolic OH excluding ortho intramolecular Hbond substituents is 1. The highest BCUT2D eigenvalue weighted by molar-refractivity contribution is 6.31. The number of aromatic nitrogens is 2. The van der Waals surface area contributed by atoms with Crippen molar-refractivity contribution < 1.29 is 37.9 Å². The quantitative estimate of drug-likeness (QED) is 0.0482.